The van der Waals surface area contributed by atoms with Crippen molar-refractivity contribution in [3.05, 3.63) is 58.8 Å². The molecule has 2 aromatic rings. The molecule has 0 amide bonds. The van der Waals surface area contributed by atoms with Gasteiger partial charge >= 0.3 is 0 Å². The van der Waals surface area contributed by atoms with Crippen LogP contribution in [0.5, 0.6) is 0 Å². The number of hydrogen-bond donors (Lipinski definition) is 1. The number of benzene rings is 1. The van der Waals surface area contributed by atoms with E-state index in [1.165, 1.54) is 5.56 Å². The number of nitrogens with one attached hydrogen (secondary N) is 1. The van der Waals surface area contributed by atoms with Crippen molar-refractivity contribution in [1.82, 2.24) is 9.88 Å². The van der Waals surface area contributed by atoms with Crippen LogP contribution >= 0.6 is 15.9 Å². The Morgan fingerprint density at radius 3 is 2.45 bits per heavy atom. The predicted octanol–water partition coefficient (Wildman–Crippen LogP) is 3.78. The first-order valence-corrected chi connectivity index (χ1v) is 7.68. The minimum absolute atomic E-state index is 0.945. The van der Waals surface area contributed by atoms with E-state index in [2.05, 4.69) is 74.5 Å². The van der Waals surface area contributed by atoms with E-state index in [9.17, 15) is 0 Å². The Balaban J connectivity index is 1.78. The average Bonchev–Trinajstić information content (AvgIpc) is 2.49. The molecule has 0 bridgehead atoms. The van der Waals surface area contributed by atoms with Gasteiger partial charge in [0.05, 0.1) is 0 Å². The summed E-state index contributed by atoms with van der Waals surface area (Å²) in [5, 5.41) is 3.45. The molecule has 0 saturated heterocycles. The van der Waals surface area contributed by atoms with Crippen LogP contribution in [0, 0.1) is 0 Å². The Morgan fingerprint density at radius 1 is 1.10 bits per heavy atom. The van der Waals surface area contributed by atoms with Crippen LogP contribution in [0.15, 0.2) is 53.3 Å². The maximum absolute atomic E-state index is 4.05. The normalized spacial score (nSPS) is 10.8. The van der Waals surface area contributed by atoms with Crippen molar-refractivity contribution < 1.29 is 0 Å². The molecule has 0 atom stereocenters. The molecule has 0 unspecified atom stereocenters. The number of hydrogen-bond acceptors (Lipinski definition) is 3. The van der Waals surface area contributed by atoms with Crippen molar-refractivity contribution in [2.24, 2.45) is 0 Å². The Bertz CT molecular complexity index is 499. The zero-order valence-corrected chi connectivity index (χ0v) is 13.3. The van der Waals surface area contributed by atoms with E-state index in [0.29, 0.717) is 0 Å². The number of aromatic nitrogens is 1. The number of pyridine rings is 1. The summed E-state index contributed by atoms with van der Waals surface area (Å²) >= 11 is 3.44. The molecule has 0 aliphatic rings. The van der Waals surface area contributed by atoms with Gasteiger partial charge in [-0.05, 0) is 48.5 Å². The molecule has 0 saturated carbocycles. The second kappa shape index (κ2) is 8.02. The third-order valence-corrected chi connectivity index (χ3v) is 3.73. The molecule has 1 N–H and O–H groups in total. The molecule has 0 aliphatic heterocycles. The Morgan fingerprint density at radius 2 is 1.80 bits per heavy atom. The van der Waals surface area contributed by atoms with Crippen LogP contribution in [-0.4, -0.2) is 29.5 Å². The summed E-state index contributed by atoms with van der Waals surface area (Å²) in [4.78, 5) is 6.47. The maximum Gasteiger partial charge on any atom is 0.0341 e. The Kier molecular flexibility index (Phi) is 6.02. The zero-order valence-electron chi connectivity index (χ0n) is 11.7. The van der Waals surface area contributed by atoms with Crippen molar-refractivity contribution in [2.75, 3.05) is 25.0 Å². The highest BCUT2D eigenvalue weighted by atomic mass is 79.9. The molecule has 0 fully saturated rings. The number of nitrogens with zero attached hydrogens (tertiary/aromatic N) is 2. The first-order valence-electron chi connectivity index (χ1n) is 6.88. The van der Waals surface area contributed by atoms with Crippen LogP contribution in [0.4, 0.5) is 5.69 Å². The Hall–Kier alpha value is -1.39. The smallest absolute Gasteiger partial charge is 0.0341 e. The van der Waals surface area contributed by atoms with Crippen LogP contribution in [0.2, 0.25) is 0 Å². The average molecular weight is 334 g/mol. The van der Waals surface area contributed by atoms with E-state index in [0.717, 1.165) is 36.3 Å². The second-order valence-electron chi connectivity index (χ2n) is 4.66. The molecule has 20 heavy (non-hydrogen) atoms. The molecule has 1 heterocycles. The summed E-state index contributed by atoms with van der Waals surface area (Å²) in [5.41, 5.74) is 2.47. The lowest BCUT2D eigenvalue weighted by Crippen LogP contribution is -2.28. The van der Waals surface area contributed by atoms with Crippen molar-refractivity contribution in [3.63, 3.8) is 0 Å². The first kappa shape index (κ1) is 15.0. The fourth-order valence-corrected chi connectivity index (χ4v) is 2.29. The molecule has 0 aliphatic carbocycles. The van der Waals surface area contributed by atoms with E-state index in [1.807, 2.05) is 12.4 Å². The summed E-state index contributed by atoms with van der Waals surface area (Å²) in [6.07, 6.45) is 3.70. The van der Waals surface area contributed by atoms with Crippen molar-refractivity contribution in [2.45, 2.75) is 13.5 Å². The van der Waals surface area contributed by atoms with Gasteiger partial charge in [-0.2, -0.15) is 0 Å². The van der Waals surface area contributed by atoms with Crippen molar-refractivity contribution in [1.29, 1.82) is 0 Å². The van der Waals surface area contributed by atoms with Gasteiger partial charge in [0.15, 0.2) is 0 Å². The van der Waals surface area contributed by atoms with Gasteiger partial charge in [-0.25, -0.2) is 0 Å². The third-order valence-electron chi connectivity index (χ3n) is 3.20. The van der Waals surface area contributed by atoms with Crippen molar-refractivity contribution in [3.8, 4) is 0 Å². The van der Waals surface area contributed by atoms with Crippen LogP contribution in [-0.2, 0) is 6.54 Å². The number of likely N-dealkylation sites (N-methyl/N-ethyl adjacent to an activating group) is 1. The van der Waals surface area contributed by atoms with E-state index in [-0.39, 0.29) is 0 Å². The molecule has 0 spiro atoms. The minimum atomic E-state index is 0.945. The van der Waals surface area contributed by atoms with Gasteiger partial charge < -0.3 is 5.32 Å². The molecule has 0 radical (unpaired) electrons. The van der Waals surface area contributed by atoms with Crippen LogP contribution in [0.3, 0.4) is 0 Å². The lowest BCUT2D eigenvalue weighted by Gasteiger charge is -2.20. The molecule has 1 aromatic heterocycles. The highest BCUT2D eigenvalue weighted by molar-refractivity contribution is 9.10. The Labute approximate surface area is 129 Å². The molecule has 106 valence electrons. The fraction of sp³-hybridized carbons (Fsp3) is 0.312. The monoisotopic (exact) mass is 333 g/mol. The van der Waals surface area contributed by atoms with Crippen LogP contribution in [0.1, 0.15) is 12.5 Å². The third kappa shape index (κ3) is 4.94. The lowest BCUT2D eigenvalue weighted by atomic mass is 10.2. The fourth-order valence-electron chi connectivity index (χ4n) is 2.02. The van der Waals surface area contributed by atoms with E-state index < -0.39 is 0 Å². The largest absolute Gasteiger partial charge is 0.384 e. The van der Waals surface area contributed by atoms with Gasteiger partial charge in [0.25, 0.3) is 0 Å². The summed E-state index contributed by atoms with van der Waals surface area (Å²) in [6, 6.07) is 12.4. The SMILES string of the molecule is CCN(CCNc1ccc(Br)cc1)Cc1ccncc1. The lowest BCUT2D eigenvalue weighted by molar-refractivity contribution is 0.291. The van der Waals surface area contributed by atoms with E-state index in [4.69, 9.17) is 0 Å². The number of anilines is 1. The maximum atomic E-state index is 4.05. The van der Waals surface area contributed by atoms with Gasteiger partial charge in [-0.3, -0.25) is 9.88 Å². The molecule has 1 aromatic carbocycles. The molecule has 4 heteroatoms. The van der Waals surface area contributed by atoms with Crippen LogP contribution < -0.4 is 5.32 Å². The highest BCUT2D eigenvalue weighted by Crippen LogP contribution is 2.13. The quantitative estimate of drug-likeness (QED) is 0.835. The van der Waals surface area contributed by atoms with Crippen LogP contribution in [0.25, 0.3) is 0 Å². The summed E-state index contributed by atoms with van der Waals surface area (Å²) in [5.74, 6) is 0. The number of halogens is 1. The van der Waals surface area contributed by atoms with Gasteiger partial charge in [0, 0.05) is 42.2 Å². The number of rotatable bonds is 7. The van der Waals surface area contributed by atoms with E-state index >= 15 is 0 Å². The van der Waals surface area contributed by atoms with Gasteiger partial charge in [-0.15, -0.1) is 0 Å². The predicted molar refractivity (Wildman–Crippen MR) is 87.8 cm³/mol. The highest BCUT2D eigenvalue weighted by Gasteiger charge is 2.03. The standard InChI is InChI=1S/C16H20BrN3/c1-2-20(13-14-7-9-18-10-8-14)12-11-19-16-5-3-15(17)4-6-16/h3-10,19H,2,11-13H2,1H3. The zero-order chi connectivity index (χ0) is 14.2. The molecular formula is C16H20BrN3. The summed E-state index contributed by atoms with van der Waals surface area (Å²) in [6.45, 7) is 6.18. The molecule has 2 rings (SSSR count). The first-order chi connectivity index (χ1) is 9.78. The molecular weight excluding hydrogens is 314 g/mol. The summed E-state index contributed by atoms with van der Waals surface area (Å²) in [7, 11) is 0. The minimum Gasteiger partial charge on any atom is -0.384 e. The van der Waals surface area contributed by atoms with E-state index in [1.54, 1.807) is 0 Å². The van der Waals surface area contributed by atoms with Gasteiger partial charge in [-0.1, -0.05) is 22.9 Å². The van der Waals surface area contributed by atoms with Gasteiger partial charge in [0.1, 0.15) is 0 Å². The second-order valence-corrected chi connectivity index (χ2v) is 5.57. The molecule has 3 nitrogen and oxygen atoms in total. The summed E-state index contributed by atoms with van der Waals surface area (Å²) < 4.78 is 1.11. The topological polar surface area (TPSA) is 28.2 Å². The van der Waals surface area contributed by atoms with Gasteiger partial charge in [0.2, 0.25) is 0 Å². The van der Waals surface area contributed by atoms with Crippen molar-refractivity contribution >= 4 is 21.6 Å².